The molecule has 1 aromatic carbocycles. The summed E-state index contributed by atoms with van der Waals surface area (Å²) < 4.78 is 0. The Balaban J connectivity index is 1.33. The summed E-state index contributed by atoms with van der Waals surface area (Å²) in [4.78, 5) is 40.7. The van der Waals surface area contributed by atoms with Crippen LogP contribution in [-0.2, 0) is 4.79 Å². The number of amides is 3. The molecule has 1 atom stereocenters. The lowest BCUT2D eigenvalue weighted by Gasteiger charge is -2.36. The lowest BCUT2D eigenvalue weighted by atomic mass is 9.82. The summed E-state index contributed by atoms with van der Waals surface area (Å²) in [7, 11) is 0. The molecule has 1 saturated heterocycles. The van der Waals surface area contributed by atoms with Crippen molar-refractivity contribution >= 4 is 40.9 Å². The van der Waals surface area contributed by atoms with Crippen LogP contribution in [0, 0.1) is 5.92 Å². The van der Waals surface area contributed by atoms with Crippen molar-refractivity contribution in [1.82, 2.24) is 9.80 Å². The molecular weight excluding hydrogens is 399 g/mol. The van der Waals surface area contributed by atoms with Crippen molar-refractivity contribution < 1.29 is 14.4 Å². The molecule has 0 N–H and O–H groups in total. The summed E-state index contributed by atoms with van der Waals surface area (Å²) in [5.74, 6) is -0.0131. The van der Waals surface area contributed by atoms with Gasteiger partial charge in [-0.2, -0.15) is 0 Å². The number of piperidine rings is 1. The van der Waals surface area contributed by atoms with E-state index in [4.69, 9.17) is 23.2 Å². The van der Waals surface area contributed by atoms with Crippen LogP contribution in [0.2, 0.25) is 10.0 Å². The molecule has 7 heteroatoms. The van der Waals surface area contributed by atoms with E-state index >= 15 is 0 Å². The SMILES string of the molecule is O=C(CCCN1C(=O)c2cc(Cl)c(Cl)cc2C1=O)N1CCC2CCCC=C2C1. The first-order valence-corrected chi connectivity index (χ1v) is 10.5. The highest BCUT2D eigenvalue weighted by molar-refractivity contribution is 6.43. The molecule has 148 valence electrons. The number of nitrogens with zero attached hydrogens (tertiary/aromatic N) is 2. The van der Waals surface area contributed by atoms with Gasteiger partial charge in [0, 0.05) is 26.1 Å². The van der Waals surface area contributed by atoms with Crippen LogP contribution in [0.25, 0.3) is 0 Å². The molecule has 28 heavy (non-hydrogen) atoms. The predicted molar refractivity (Wildman–Crippen MR) is 108 cm³/mol. The Morgan fingerprint density at radius 3 is 2.43 bits per heavy atom. The van der Waals surface area contributed by atoms with Gasteiger partial charge in [0.25, 0.3) is 11.8 Å². The molecular formula is C21H22Cl2N2O3. The number of carbonyl (C=O) groups is 3. The van der Waals surface area contributed by atoms with Crippen molar-refractivity contribution in [2.24, 2.45) is 5.92 Å². The Kier molecular flexibility index (Phi) is 5.48. The normalized spacial score (nSPS) is 21.5. The lowest BCUT2D eigenvalue weighted by Crippen LogP contribution is -2.41. The Morgan fingerprint density at radius 2 is 1.75 bits per heavy atom. The molecule has 3 aliphatic rings. The van der Waals surface area contributed by atoms with Gasteiger partial charge in [0.15, 0.2) is 0 Å². The lowest BCUT2D eigenvalue weighted by molar-refractivity contribution is -0.131. The molecule has 1 aromatic rings. The zero-order valence-corrected chi connectivity index (χ0v) is 17.1. The summed E-state index contributed by atoms with van der Waals surface area (Å²) in [6.45, 7) is 1.74. The number of rotatable bonds is 4. The van der Waals surface area contributed by atoms with Crippen molar-refractivity contribution in [1.29, 1.82) is 0 Å². The monoisotopic (exact) mass is 420 g/mol. The van der Waals surface area contributed by atoms with E-state index in [0.29, 0.717) is 18.8 Å². The van der Waals surface area contributed by atoms with Crippen LogP contribution in [0.5, 0.6) is 0 Å². The van der Waals surface area contributed by atoms with Crippen molar-refractivity contribution in [3.05, 3.63) is 45.0 Å². The van der Waals surface area contributed by atoms with Crippen molar-refractivity contribution in [3.63, 3.8) is 0 Å². The first-order valence-electron chi connectivity index (χ1n) is 9.77. The molecule has 1 fully saturated rings. The fraction of sp³-hybridized carbons (Fsp3) is 0.476. The quantitative estimate of drug-likeness (QED) is 0.537. The van der Waals surface area contributed by atoms with Gasteiger partial charge in [0.1, 0.15) is 0 Å². The third-order valence-electron chi connectivity index (χ3n) is 5.95. The first kappa shape index (κ1) is 19.5. The number of hydrogen-bond acceptors (Lipinski definition) is 3. The van der Waals surface area contributed by atoms with Gasteiger partial charge in [-0.15, -0.1) is 0 Å². The maximum Gasteiger partial charge on any atom is 0.261 e. The minimum Gasteiger partial charge on any atom is -0.339 e. The van der Waals surface area contributed by atoms with E-state index in [1.807, 2.05) is 4.90 Å². The number of halogens is 2. The molecule has 2 heterocycles. The zero-order chi connectivity index (χ0) is 19.8. The number of imide groups is 1. The third-order valence-corrected chi connectivity index (χ3v) is 6.67. The number of fused-ring (bicyclic) bond motifs is 2. The van der Waals surface area contributed by atoms with Crippen LogP contribution in [0.1, 0.15) is 59.2 Å². The average molecular weight is 421 g/mol. The van der Waals surface area contributed by atoms with Crippen molar-refractivity contribution in [2.75, 3.05) is 19.6 Å². The maximum atomic E-state index is 12.6. The molecule has 2 aliphatic heterocycles. The Hall–Kier alpha value is -1.85. The number of allylic oxidation sites excluding steroid dienone is 1. The van der Waals surface area contributed by atoms with Crippen LogP contribution in [0.3, 0.4) is 0 Å². The number of benzene rings is 1. The minimum absolute atomic E-state index is 0.0904. The maximum absolute atomic E-state index is 12.6. The number of carbonyl (C=O) groups excluding carboxylic acids is 3. The Morgan fingerprint density at radius 1 is 1.07 bits per heavy atom. The van der Waals surface area contributed by atoms with E-state index < -0.39 is 0 Å². The summed E-state index contributed by atoms with van der Waals surface area (Å²) in [6, 6.07) is 2.87. The fourth-order valence-corrected chi connectivity index (χ4v) is 4.71. The van der Waals surface area contributed by atoms with Crippen LogP contribution in [0.4, 0.5) is 0 Å². The van der Waals surface area contributed by atoms with E-state index in [1.165, 1.54) is 35.4 Å². The largest absolute Gasteiger partial charge is 0.339 e. The van der Waals surface area contributed by atoms with Crippen LogP contribution in [0.15, 0.2) is 23.8 Å². The smallest absolute Gasteiger partial charge is 0.261 e. The molecule has 5 nitrogen and oxygen atoms in total. The second-order valence-electron chi connectivity index (χ2n) is 7.69. The molecule has 0 radical (unpaired) electrons. The summed E-state index contributed by atoms with van der Waals surface area (Å²) in [5, 5.41) is 0.498. The van der Waals surface area contributed by atoms with Gasteiger partial charge in [0.2, 0.25) is 5.91 Å². The van der Waals surface area contributed by atoms with Crippen LogP contribution < -0.4 is 0 Å². The standard InChI is InChI=1S/C21H22Cl2N2O3/c22-17-10-15-16(11-18(17)23)21(28)25(20(15)27)8-3-6-19(26)24-9-7-13-4-1-2-5-14(13)12-24/h5,10-11,13H,1-4,6-9,12H2. The van der Waals surface area contributed by atoms with Gasteiger partial charge in [-0.3, -0.25) is 19.3 Å². The molecule has 1 unspecified atom stereocenters. The highest BCUT2D eigenvalue weighted by Gasteiger charge is 2.36. The molecule has 0 spiro atoms. The van der Waals surface area contributed by atoms with E-state index in [-0.39, 0.29) is 45.4 Å². The fourth-order valence-electron chi connectivity index (χ4n) is 4.38. The van der Waals surface area contributed by atoms with Crippen molar-refractivity contribution in [3.8, 4) is 0 Å². The highest BCUT2D eigenvalue weighted by atomic mass is 35.5. The van der Waals surface area contributed by atoms with Gasteiger partial charge in [-0.1, -0.05) is 34.9 Å². The van der Waals surface area contributed by atoms with Gasteiger partial charge in [0.05, 0.1) is 21.2 Å². The van der Waals surface area contributed by atoms with Crippen LogP contribution in [-0.4, -0.2) is 47.2 Å². The Labute approximate surface area is 174 Å². The molecule has 0 bridgehead atoms. The third kappa shape index (κ3) is 3.58. The van der Waals surface area contributed by atoms with Gasteiger partial charge < -0.3 is 4.90 Å². The zero-order valence-electron chi connectivity index (χ0n) is 15.5. The molecule has 0 saturated carbocycles. The van der Waals surface area contributed by atoms with Gasteiger partial charge >= 0.3 is 0 Å². The number of likely N-dealkylation sites (tertiary alicyclic amines) is 1. The Bertz CT molecular complexity index is 840. The minimum atomic E-state index is -0.376. The average Bonchev–Trinajstić information content (AvgIpc) is 2.92. The summed E-state index contributed by atoms with van der Waals surface area (Å²) >= 11 is 11.9. The van der Waals surface area contributed by atoms with Gasteiger partial charge in [-0.25, -0.2) is 0 Å². The van der Waals surface area contributed by atoms with Gasteiger partial charge in [-0.05, 0) is 50.2 Å². The molecule has 1 aliphatic carbocycles. The highest BCUT2D eigenvalue weighted by Crippen LogP contribution is 2.33. The molecule has 3 amide bonds. The summed E-state index contributed by atoms with van der Waals surface area (Å²) in [5.41, 5.74) is 1.95. The first-order chi connectivity index (χ1) is 13.5. The molecule has 0 aromatic heterocycles. The predicted octanol–water partition coefficient (Wildman–Crippen LogP) is 4.33. The van der Waals surface area contributed by atoms with E-state index in [2.05, 4.69) is 6.08 Å². The van der Waals surface area contributed by atoms with E-state index in [0.717, 1.165) is 25.9 Å². The second-order valence-corrected chi connectivity index (χ2v) is 8.50. The van der Waals surface area contributed by atoms with Crippen LogP contribution >= 0.6 is 23.2 Å². The van der Waals surface area contributed by atoms with E-state index in [1.54, 1.807) is 0 Å². The molecule has 4 rings (SSSR count). The second kappa shape index (κ2) is 7.88. The topological polar surface area (TPSA) is 57.7 Å². The van der Waals surface area contributed by atoms with E-state index in [9.17, 15) is 14.4 Å². The van der Waals surface area contributed by atoms with Crippen molar-refractivity contribution in [2.45, 2.75) is 38.5 Å². The number of hydrogen-bond donors (Lipinski definition) is 0. The summed E-state index contributed by atoms with van der Waals surface area (Å²) in [6.07, 6.45) is 7.71.